The monoisotopic (exact) mass is 193 g/mol. The molecule has 0 atom stereocenters. The summed E-state index contributed by atoms with van der Waals surface area (Å²) in [4.78, 5) is 10.9. The number of hydrogen-bond donors (Lipinski definition) is 1. The van der Waals surface area contributed by atoms with Crippen LogP contribution in [0.25, 0.3) is 5.82 Å². The maximum absolute atomic E-state index is 10.9. The van der Waals surface area contributed by atoms with Gasteiger partial charge >= 0.3 is 0 Å². The maximum atomic E-state index is 10.9. The summed E-state index contributed by atoms with van der Waals surface area (Å²) in [6, 6.07) is 1.51. The molecule has 0 radical (unpaired) electrons. The first-order valence-electron chi connectivity index (χ1n) is 3.75. The van der Waals surface area contributed by atoms with Gasteiger partial charge < -0.3 is 5.73 Å². The second-order valence-electron chi connectivity index (χ2n) is 2.63. The molecule has 1 amide bonds. The average Bonchev–Trinajstić information content (AvgIpc) is 2.70. The largest absolute Gasteiger partial charge is 0.364 e. The fraction of sp³-hybridized carbons (Fsp3) is 0.167. The molecule has 8 heteroatoms. The topological polar surface area (TPSA) is 105 Å². The molecule has 14 heavy (non-hydrogen) atoms. The predicted molar refractivity (Wildman–Crippen MR) is 44.4 cm³/mol. The number of tetrazole rings is 1. The van der Waals surface area contributed by atoms with E-state index in [1.165, 1.54) is 21.8 Å². The molecule has 0 fully saturated rings. The highest BCUT2D eigenvalue weighted by atomic mass is 16.1. The number of nitrogens with two attached hydrogens (primary N) is 1. The fourth-order valence-corrected chi connectivity index (χ4v) is 1.06. The number of hydrogen-bond acceptors (Lipinski definition) is 5. The number of carbonyl (C=O) groups excluding carboxylic acids is 1. The third-order valence-electron chi connectivity index (χ3n) is 1.70. The van der Waals surface area contributed by atoms with E-state index in [0.29, 0.717) is 11.5 Å². The van der Waals surface area contributed by atoms with E-state index in [1.807, 2.05) is 0 Å². The molecular formula is C6H7N7O. The normalized spacial score (nSPS) is 10.4. The summed E-state index contributed by atoms with van der Waals surface area (Å²) < 4.78 is 2.71. The van der Waals surface area contributed by atoms with Crippen LogP contribution < -0.4 is 5.73 Å². The predicted octanol–water partition coefficient (Wildman–Crippen LogP) is -1.51. The second-order valence-corrected chi connectivity index (χ2v) is 2.63. The van der Waals surface area contributed by atoms with Gasteiger partial charge in [0, 0.05) is 13.1 Å². The number of nitrogens with zero attached hydrogens (tertiary/aromatic N) is 6. The summed E-state index contributed by atoms with van der Waals surface area (Å²) in [5.41, 5.74) is 5.42. The van der Waals surface area contributed by atoms with Crippen molar-refractivity contribution < 1.29 is 4.79 Å². The smallest absolute Gasteiger partial charge is 0.267 e. The van der Waals surface area contributed by atoms with Gasteiger partial charge in [0.1, 0.15) is 12.0 Å². The molecule has 2 N–H and O–H groups in total. The lowest BCUT2D eigenvalue weighted by molar-refractivity contribution is 0.0991. The zero-order chi connectivity index (χ0) is 10.1. The van der Waals surface area contributed by atoms with Crippen molar-refractivity contribution in [2.75, 3.05) is 0 Å². The van der Waals surface area contributed by atoms with Crippen molar-refractivity contribution in [2.24, 2.45) is 12.8 Å². The third-order valence-corrected chi connectivity index (χ3v) is 1.70. The Morgan fingerprint density at radius 2 is 2.36 bits per heavy atom. The number of rotatable bonds is 2. The minimum atomic E-state index is -0.542. The molecule has 2 aromatic heterocycles. The van der Waals surface area contributed by atoms with Crippen molar-refractivity contribution in [2.45, 2.75) is 0 Å². The van der Waals surface area contributed by atoms with Gasteiger partial charge in [-0.25, -0.2) is 0 Å². The lowest BCUT2D eigenvalue weighted by Gasteiger charge is -1.92. The van der Waals surface area contributed by atoms with E-state index >= 15 is 0 Å². The average molecular weight is 193 g/mol. The van der Waals surface area contributed by atoms with Crippen molar-refractivity contribution in [3.8, 4) is 5.82 Å². The first kappa shape index (κ1) is 8.35. The van der Waals surface area contributed by atoms with Crippen LogP contribution in [0.4, 0.5) is 0 Å². The van der Waals surface area contributed by atoms with Crippen LogP contribution >= 0.6 is 0 Å². The van der Waals surface area contributed by atoms with E-state index in [4.69, 9.17) is 5.73 Å². The summed E-state index contributed by atoms with van der Waals surface area (Å²) >= 11 is 0. The Kier molecular flexibility index (Phi) is 1.73. The van der Waals surface area contributed by atoms with Gasteiger partial charge in [-0.15, -0.1) is 5.10 Å². The van der Waals surface area contributed by atoms with E-state index < -0.39 is 5.91 Å². The molecule has 0 unspecified atom stereocenters. The zero-order valence-electron chi connectivity index (χ0n) is 7.32. The molecule has 2 rings (SSSR count). The standard InChI is InChI=1S/C6H7N7O/c1-12-4(6(7)14)2-5(9-12)13-3-8-10-11-13/h2-3H,1H3,(H2,7,14). The summed E-state index contributed by atoms with van der Waals surface area (Å²) in [6.07, 6.45) is 1.38. The molecule has 2 aromatic rings. The van der Waals surface area contributed by atoms with Crippen LogP contribution in [0.2, 0.25) is 0 Å². The van der Waals surface area contributed by atoms with Gasteiger partial charge in [-0.2, -0.15) is 9.78 Å². The number of carbonyl (C=O) groups is 1. The van der Waals surface area contributed by atoms with Crippen LogP contribution in [-0.2, 0) is 7.05 Å². The first-order chi connectivity index (χ1) is 6.68. The van der Waals surface area contributed by atoms with E-state index in [9.17, 15) is 4.79 Å². The van der Waals surface area contributed by atoms with E-state index in [-0.39, 0.29) is 0 Å². The van der Waals surface area contributed by atoms with Gasteiger partial charge in [0.2, 0.25) is 0 Å². The van der Waals surface area contributed by atoms with E-state index in [0.717, 1.165) is 0 Å². The van der Waals surface area contributed by atoms with Crippen LogP contribution in [0.1, 0.15) is 10.5 Å². The maximum Gasteiger partial charge on any atom is 0.267 e. The number of amides is 1. The molecule has 8 nitrogen and oxygen atoms in total. The van der Waals surface area contributed by atoms with Gasteiger partial charge in [-0.05, 0) is 10.4 Å². The summed E-state index contributed by atoms with van der Waals surface area (Å²) in [5.74, 6) is -0.0920. The van der Waals surface area contributed by atoms with Crippen molar-refractivity contribution in [3.63, 3.8) is 0 Å². The Bertz CT molecular complexity index is 456. The van der Waals surface area contributed by atoms with E-state index in [1.54, 1.807) is 7.05 Å². The molecule has 0 aliphatic carbocycles. The zero-order valence-corrected chi connectivity index (χ0v) is 7.32. The molecular weight excluding hydrogens is 186 g/mol. The number of aryl methyl sites for hydroxylation is 1. The van der Waals surface area contributed by atoms with Crippen molar-refractivity contribution >= 4 is 5.91 Å². The number of primary amides is 1. The van der Waals surface area contributed by atoms with Gasteiger partial charge in [-0.1, -0.05) is 0 Å². The minimum Gasteiger partial charge on any atom is -0.364 e. The Balaban J connectivity index is 2.48. The van der Waals surface area contributed by atoms with Crippen molar-refractivity contribution in [3.05, 3.63) is 18.1 Å². The Hall–Kier alpha value is -2.25. The molecule has 0 saturated heterocycles. The van der Waals surface area contributed by atoms with Gasteiger partial charge in [-0.3, -0.25) is 9.48 Å². The van der Waals surface area contributed by atoms with Crippen LogP contribution in [-0.4, -0.2) is 35.9 Å². The van der Waals surface area contributed by atoms with Gasteiger partial charge in [0.05, 0.1) is 0 Å². The molecule has 0 aromatic carbocycles. The van der Waals surface area contributed by atoms with Crippen molar-refractivity contribution in [1.82, 2.24) is 30.0 Å². The minimum absolute atomic E-state index is 0.301. The first-order valence-corrected chi connectivity index (χ1v) is 3.75. The second kappa shape index (κ2) is 2.91. The summed E-state index contributed by atoms with van der Waals surface area (Å²) in [7, 11) is 1.62. The van der Waals surface area contributed by atoms with Crippen LogP contribution in [0.5, 0.6) is 0 Å². The lowest BCUT2D eigenvalue weighted by atomic mass is 10.4. The van der Waals surface area contributed by atoms with Crippen molar-refractivity contribution in [1.29, 1.82) is 0 Å². The van der Waals surface area contributed by atoms with Gasteiger partial charge in [0.15, 0.2) is 5.82 Å². The third kappa shape index (κ3) is 1.22. The molecule has 72 valence electrons. The Morgan fingerprint density at radius 3 is 2.86 bits per heavy atom. The Labute approximate surface area is 78.3 Å². The SMILES string of the molecule is Cn1nc(-n2cnnn2)cc1C(N)=O. The highest BCUT2D eigenvalue weighted by Crippen LogP contribution is 2.05. The van der Waals surface area contributed by atoms with E-state index in [2.05, 4.69) is 20.6 Å². The van der Waals surface area contributed by atoms with Crippen LogP contribution in [0.3, 0.4) is 0 Å². The molecule has 2 heterocycles. The molecule has 0 aliphatic rings. The summed E-state index contributed by atoms with van der Waals surface area (Å²) in [5, 5.41) is 14.5. The fourth-order valence-electron chi connectivity index (χ4n) is 1.06. The summed E-state index contributed by atoms with van der Waals surface area (Å²) in [6.45, 7) is 0. The number of aromatic nitrogens is 6. The van der Waals surface area contributed by atoms with Gasteiger partial charge in [0.25, 0.3) is 5.91 Å². The lowest BCUT2D eigenvalue weighted by Crippen LogP contribution is -2.15. The molecule has 0 aliphatic heterocycles. The Morgan fingerprint density at radius 1 is 1.57 bits per heavy atom. The quantitative estimate of drug-likeness (QED) is 0.624. The molecule has 0 saturated carbocycles. The molecule has 0 spiro atoms. The molecule has 0 bridgehead atoms. The highest BCUT2D eigenvalue weighted by molar-refractivity contribution is 5.91. The van der Waals surface area contributed by atoms with Crippen LogP contribution in [0, 0.1) is 0 Å². The van der Waals surface area contributed by atoms with Crippen LogP contribution in [0.15, 0.2) is 12.4 Å². The highest BCUT2D eigenvalue weighted by Gasteiger charge is 2.11.